The Kier molecular flexibility index (Phi) is 5.90. The van der Waals surface area contributed by atoms with Crippen LogP contribution >= 0.6 is 11.3 Å². The van der Waals surface area contributed by atoms with Crippen LogP contribution in [0.2, 0.25) is 0 Å². The zero-order chi connectivity index (χ0) is 14.4. The Bertz CT molecular complexity index is 432. The van der Waals surface area contributed by atoms with Crippen molar-refractivity contribution in [2.45, 2.75) is 25.9 Å². The third-order valence-corrected chi connectivity index (χ3v) is 4.20. The predicted molar refractivity (Wildman–Crippen MR) is 78.5 cm³/mol. The zero-order valence-electron chi connectivity index (χ0n) is 11.8. The Morgan fingerprint density at radius 2 is 2.35 bits per heavy atom. The van der Waals surface area contributed by atoms with Crippen molar-refractivity contribution >= 4 is 17.2 Å². The molecule has 3 N–H and O–H groups in total. The highest BCUT2D eigenvalue weighted by Gasteiger charge is 2.18. The van der Waals surface area contributed by atoms with Gasteiger partial charge in [-0.2, -0.15) is 0 Å². The van der Waals surface area contributed by atoms with Crippen molar-refractivity contribution in [2.75, 3.05) is 32.8 Å². The summed E-state index contributed by atoms with van der Waals surface area (Å²) in [5.74, 6) is -0.301. The summed E-state index contributed by atoms with van der Waals surface area (Å²) >= 11 is 1.61. The van der Waals surface area contributed by atoms with E-state index in [2.05, 4.69) is 15.2 Å². The molecule has 0 radical (unpaired) electrons. The fourth-order valence-electron chi connectivity index (χ4n) is 2.20. The first-order chi connectivity index (χ1) is 9.65. The Morgan fingerprint density at radius 1 is 1.60 bits per heavy atom. The zero-order valence-corrected chi connectivity index (χ0v) is 12.6. The summed E-state index contributed by atoms with van der Waals surface area (Å²) in [6.07, 6.45) is 0.721. The molecule has 0 saturated carbocycles. The molecule has 1 aliphatic heterocycles. The number of aryl methyl sites for hydroxylation is 1. The summed E-state index contributed by atoms with van der Waals surface area (Å²) in [7, 11) is 0. The lowest BCUT2D eigenvalue weighted by Gasteiger charge is -2.27. The van der Waals surface area contributed by atoms with Crippen molar-refractivity contribution in [3.8, 4) is 0 Å². The molecule has 20 heavy (non-hydrogen) atoms. The van der Waals surface area contributed by atoms with Gasteiger partial charge in [-0.3, -0.25) is 9.69 Å². The maximum atomic E-state index is 11.5. The minimum atomic E-state index is -0.306. The van der Waals surface area contributed by atoms with E-state index in [0.717, 1.165) is 50.0 Å². The number of nitrogens with one attached hydrogen (secondary N) is 1. The van der Waals surface area contributed by atoms with E-state index in [1.165, 1.54) is 0 Å². The summed E-state index contributed by atoms with van der Waals surface area (Å²) in [4.78, 5) is 18.2. The number of amides is 1. The first-order valence-corrected chi connectivity index (χ1v) is 7.77. The number of morpholine rings is 1. The standard InChI is InChI=1S/C13H22N4O2S/c1-10-16-11(9-20-10)8-15-12(13(14)18)2-3-17-4-6-19-7-5-17/h9,12,15H,2-8H2,1H3,(H2,14,18). The van der Waals surface area contributed by atoms with E-state index in [9.17, 15) is 4.79 Å². The van der Waals surface area contributed by atoms with Gasteiger partial charge in [-0.1, -0.05) is 0 Å². The van der Waals surface area contributed by atoms with E-state index in [1.54, 1.807) is 11.3 Å². The van der Waals surface area contributed by atoms with Crippen LogP contribution in [0.4, 0.5) is 0 Å². The summed E-state index contributed by atoms with van der Waals surface area (Å²) in [6, 6.07) is -0.306. The highest BCUT2D eigenvalue weighted by molar-refractivity contribution is 7.09. The number of carbonyl (C=O) groups is 1. The van der Waals surface area contributed by atoms with Gasteiger partial charge in [0.25, 0.3) is 0 Å². The lowest BCUT2D eigenvalue weighted by atomic mass is 10.1. The highest BCUT2D eigenvalue weighted by Crippen LogP contribution is 2.08. The minimum absolute atomic E-state index is 0.301. The number of hydrogen-bond acceptors (Lipinski definition) is 6. The number of hydrogen-bond donors (Lipinski definition) is 2. The van der Waals surface area contributed by atoms with Crippen LogP contribution in [0, 0.1) is 6.92 Å². The SMILES string of the molecule is Cc1nc(CNC(CCN2CCOCC2)C(N)=O)cs1. The largest absolute Gasteiger partial charge is 0.379 e. The monoisotopic (exact) mass is 298 g/mol. The molecule has 1 aromatic heterocycles. The molecule has 7 heteroatoms. The van der Waals surface area contributed by atoms with Crippen LogP contribution in [-0.4, -0.2) is 54.7 Å². The average Bonchev–Trinajstić information content (AvgIpc) is 2.85. The Hall–Kier alpha value is -1.02. The number of primary amides is 1. The van der Waals surface area contributed by atoms with Crippen molar-refractivity contribution in [2.24, 2.45) is 5.73 Å². The smallest absolute Gasteiger partial charge is 0.234 e. The predicted octanol–water partition coefficient (Wildman–Crippen LogP) is 0.117. The molecular weight excluding hydrogens is 276 g/mol. The second kappa shape index (κ2) is 7.68. The summed E-state index contributed by atoms with van der Waals surface area (Å²) in [6.45, 7) is 6.81. The van der Waals surface area contributed by atoms with Crippen LogP contribution in [0.5, 0.6) is 0 Å². The summed E-state index contributed by atoms with van der Waals surface area (Å²) in [5.41, 5.74) is 6.42. The van der Waals surface area contributed by atoms with Gasteiger partial charge >= 0.3 is 0 Å². The number of nitrogens with two attached hydrogens (primary N) is 1. The van der Waals surface area contributed by atoms with Crippen LogP contribution in [0.3, 0.4) is 0 Å². The van der Waals surface area contributed by atoms with Crippen LogP contribution in [0.15, 0.2) is 5.38 Å². The van der Waals surface area contributed by atoms with Gasteiger partial charge in [0.05, 0.1) is 30.0 Å². The van der Waals surface area contributed by atoms with Crippen molar-refractivity contribution in [3.05, 3.63) is 16.1 Å². The second-order valence-corrected chi connectivity index (χ2v) is 6.00. The lowest BCUT2D eigenvalue weighted by molar-refractivity contribution is -0.120. The fraction of sp³-hybridized carbons (Fsp3) is 0.692. The van der Waals surface area contributed by atoms with Gasteiger partial charge in [-0.05, 0) is 13.3 Å². The van der Waals surface area contributed by atoms with Gasteiger partial charge < -0.3 is 15.8 Å². The summed E-state index contributed by atoms with van der Waals surface area (Å²) < 4.78 is 5.31. The molecule has 2 heterocycles. The van der Waals surface area contributed by atoms with E-state index in [1.807, 2.05) is 12.3 Å². The molecule has 1 fully saturated rings. The molecule has 1 aliphatic rings. The molecule has 112 valence electrons. The van der Waals surface area contributed by atoms with E-state index in [-0.39, 0.29) is 11.9 Å². The Balaban J connectivity index is 1.76. The molecule has 2 rings (SSSR count). The van der Waals surface area contributed by atoms with Gasteiger partial charge in [-0.15, -0.1) is 11.3 Å². The van der Waals surface area contributed by atoms with Crippen LogP contribution in [-0.2, 0) is 16.1 Å². The molecule has 1 unspecified atom stereocenters. The van der Waals surface area contributed by atoms with Crippen molar-refractivity contribution in [1.29, 1.82) is 0 Å². The van der Waals surface area contributed by atoms with Gasteiger partial charge in [0.1, 0.15) is 0 Å². The highest BCUT2D eigenvalue weighted by atomic mass is 32.1. The second-order valence-electron chi connectivity index (χ2n) is 4.94. The van der Waals surface area contributed by atoms with E-state index in [4.69, 9.17) is 10.5 Å². The quantitative estimate of drug-likeness (QED) is 0.747. The average molecular weight is 298 g/mol. The molecule has 0 aromatic carbocycles. The van der Waals surface area contributed by atoms with Crippen LogP contribution < -0.4 is 11.1 Å². The molecule has 1 saturated heterocycles. The maximum absolute atomic E-state index is 11.5. The molecule has 0 bridgehead atoms. The van der Waals surface area contributed by atoms with Crippen LogP contribution in [0.25, 0.3) is 0 Å². The molecule has 1 atom stereocenters. The normalized spacial score (nSPS) is 18.1. The van der Waals surface area contributed by atoms with Crippen molar-refractivity contribution < 1.29 is 9.53 Å². The number of thiazole rings is 1. The van der Waals surface area contributed by atoms with Crippen LogP contribution in [0.1, 0.15) is 17.1 Å². The first-order valence-electron chi connectivity index (χ1n) is 6.89. The van der Waals surface area contributed by atoms with E-state index in [0.29, 0.717) is 6.54 Å². The molecule has 0 aliphatic carbocycles. The van der Waals surface area contributed by atoms with Gasteiger partial charge in [0, 0.05) is 31.6 Å². The Labute approximate surface area is 123 Å². The summed E-state index contributed by atoms with van der Waals surface area (Å²) in [5, 5.41) is 6.24. The van der Waals surface area contributed by atoms with Crippen molar-refractivity contribution in [3.63, 3.8) is 0 Å². The minimum Gasteiger partial charge on any atom is -0.379 e. The van der Waals surface area contributed by atoms with E-state index < -0.39 is 0 Å². The third kappa shape index (κ3) is 4.82. The number of rotatable bonds is 7. The fourth-order valence-corrected chi connectivity index (χ4v) is 2.81. The van der Waals surface area contributed by atoms with Gasteiger partial charge in [0.2, 0.25) is 5.91 Å². The van der Waals surface area contributed by atoms with Crippen molar-refractivity contribution in [1.82, 2.24) is 15.2 Å². The number of ether oxygens (including phenoxy) is 1. The third-order valence-electron chi connectivity index (χ3n) is 3.38. The van der Waals surface area contributed by atoms with E-state index >= 15 is 0 Å². The molecule has 1 amide bonds. The van der Waals surface area contributed by atoms with Gasteiger partial charge in [-0.25, -0.2) is 4.98 Å². The topological polar surface area (TPSA) is 80.5 Å². The number of aromatic nitrogens is 1. The molecule has 1 aromatic rings. The Morgan fingerprint density at radius 3 is 2.95 bits per heavy atom. The lowest BCUT2D eigenvalue weighted by Crippen LogP contribution is -2.45. The molecule has 0 spiro atoms. The maximum Gasteiger partial charge on any atom is 0.234 e. The van der Waals surface area contributed by atoms with Gasteiger partial charge in [0.15, 0.2) is 0 Å². The first kappa shape index (κ1) is 15.4. The number of nitrogens with zero attached hydrogens (tertiary/aromatic N) is 2. The molecular formula is C13H22N4O2S. The number of carbonyl (C=O) groups excluding carboxylic acids is 1. The molecule has 6 nitrogen and oxygen atoms in total.